The van der Waals surface area contributed by atoms with Crippen LogP contribution in [0.1, 0.15) is 12.8 Å². The number of esters is 1. The van der Waals surface area contributed by atoms with E-state index in [2.05, 4.69) is 0 Å². The van der Waals surface area contributed by atoms with Gasteiger partial charge in [0.2, 0.25) is 0 Å². The molecule has 5 heteroatoms. The van der Waals surface area contributed by atoms with Gasteiger partial charge in [0.25, 0.3) is 0 Å². The van der Waals surface area contributed by atoms with Crippen LogP contribution in [0.2, 0.25) is 0 Å². The molecule has 0 aromatic carbocycles. The Hall–Kier alpha value is -1.26. The van der Waals surface area contributed by atoms with Gasteiger partial charge in [0, 0.05) is 13.5 Å². The first-order chi connectivity index (χ1) is 5.61. The SMILES string of the molecule is CN(C(=O)O)[C@@H]1CCC(=O)OC1. The summed E-state index contributed by atoms with van der Waals surface area (Å²) < 4.78 is 4.72. The summed E-state index contributed by atoms with van der Waals surface area (Å²) in [7, 11) is 1.48. The number of rotatable bonds is 1. The predicted molar refractivity (Wildman–Crippen MR) is 39.8 cm³/mol. The summed E-state index contributed by atoms with van der Waals surface area (Å²) in [5, 5.41) is 8.59. The first-order valence-corrected chi connectivity index (χ1v) is 3.72. The van der Waals surface area contributed by atoms with Crippen LogP contribution in [0, 0.1) is 0 Å². The molecule has 5 nitrogen and oxygen atoms in total. The number of ether oxygens (including phenoxy) is 1. The second-order valence-electron chi connectivity index (χ2n) is 2.77. The molecule has 1 aliphatic heterocycles. The van der Waals surface area contributed by atoms with E-state index in [9.17, 15) is 9.59 Å². The van der Waals surface area contributed by atoms with Gasteiger partial charge >= 0.3 is 12.1 Å². The highest BCUT2D eigenvalue weighted by Crippen LogP contribution is 2.12. The summed E-state index contributed by atoms with van der Waals surface area (Å²) in [6, 6.07) is -0.180. The molecule has 1 fully saturated rings. The number of carbonyl (C=O) groups excluding carboxylic acids is 1. The van der Waals surface area contributed by atoms with E-state index in [4.69, 9.17) is 9.84 Å². The van der Waals surface area contributed by atoms with Crippen LogP contribution in [0.4, 0.5) is 4.79 Å². The molecule has 1 atom stereocenters. The van der Waals surface area contributed by atoms with E-state index >= 15 is 0 Å². The topological polar surface area (TPSA) is 66.8 Å². The largest absolute Gasteiger partial charge is 0.465 e. The first kappa shape index (κ1) is 8.83. The van der Waals surface area contributed by atoms with Crippen LogP contribution in [-0.2, 0) is 9.53 Å². The molecule has 1 amide bonds. The van der Waals surface area contributed by atoms with Crippen LogP contribution in [0.25, 0.3) is 0 Å². The lowest BCUT2D eigenvalue weighted by atomic mass is 10.1. The van der Waals surface area contributed by atoms with Crippen molar-refractivity contribution in [2.24, 2.45) is 0 Å². The standard InChI is InChI=1S/C7H11NO4/c1-8(7(10)11)5-2-3-6(9)12-4-5/h5H,2-4H2,1H3,(H,10,11)/t5-/m1/s1. The summed E-state index contributed by atoms with van der Waals surface area (Å²) in [5.41, 5.74) is 0. The smallest absolute Gasteiger partial charge is 0.407 e. The summed E-state index contributed by atoms with van der Waals surface area (Å²) >= 11 is 0. The minimum absolute atomic E-state index is 0.180. The fourth-order valence-electron chi connectivity index (χ4n) is 1.09. The van der Waals surface area contributed by atoms with Crippen molar-refractivity contribution in [2.45, 2.75) is 18.9 Å². The summed E-state index contributed by atoms with van der Waals surface area (Å²) in [6.45, 7) is 0.182. The van der Waals surface area contributed by atoms with Gasteiger partial charge in [0.15, 0.2) is 0 Å². The summed E-state index contributed by atoms with van der Waals surface area (Å²) in [4.78, 5) is 22.3. The van der Waals surface area contributed by atoms with Gasteiger partial charge in [-0.05, 0) is 6.42 Å². The zero-order chi connectivity index (χ0) is 9.14. The second kappa shape index (κ2) is 3.42. The van der Waals surface area contributed by atoms with E-state index in [1.165, 1.54) is 11.9 Å². The minimum atomic E-state index is -0.988. The van der Waals surface area contributed by atoms with Crippen LogP contribution in [-0.4, -0.2) is 41.8 Å². The van der Waals surface area contributed by atoms with Crippen molar-refractivity contribution in [3.8, 4) is 0 Å². The Morgan fingerprint density at radius 2 is 2.42 bits per heavy atom. The first-order valence-electron chi connectivity index (χ1n) is 3.72. The third-order valence-electron chi connectivity index (χ3n) is 1.97. The van der Waals surface area contributed by atoms with E-state index in [0.717, 1.165) is 0 Å². The molecule has 0 saturated carbocycles. The van der Waals surface area contributed by atoms with E-state index in [1.54, 1.807) is 0 Å². The van der Waals surface area contributed by atoms with E-state index in [-0.39, 0.29) is 18.6 Å². The maximum atomic E-state index is 10.6. The predicted octanol–water partition coefficient (Wildman–Crippen LogP) is 0.302. The Morgan fingerprint density at radius 3 is 2.83 bits per heavy atom. The Labute approximate surface area is 69.9 Å². The normalized spacial score (nSPS) is 23.1. The number of likely N-dealkylation sites (N-methyl/N-ethyl adjacent to an activating group) is 1. The van der Waals surface area contributed by atoms with Crippen molar-refractivity contribution < 1.29 is 19.4 Å². The van der Waals surface area contributed by atoms with Crippen molar-refractivity contribution in [3.63, 3.8) is 0 Å². The number of hydrogen-bond donors (Lipinski definition) is 1. The maximum Gasteiger partial charge on any atom is 0.407 e. The molecule has 0 aromatic rings. The molecular weight excluding hydrogens is 162 g/mol. The van der Waals surface area contributed by atoms with Gasteiger partial charge in [-0.3, -0.25) is 4.79 Å². The van der Waals surface area contributed by atoms with Crippen molar-refractivity contribution in [2.75, 3.05) is 13.7 Å². The lowest BCUT2D eigenvalue weighted by molar-refractivity contribution is -0.149. The Balaban J connectivity index is 2.44. The van der Waals surface area contributed by atoms with Crippen molar-refractivity contribution in [3.05, 3.63) is 0 Å². The number of carbonyl (C=O) groups is 2. The zero-order valence-electron chi connectivity index (χ0n) is 6.82. The third kappa shape index (κ3) is 1.87. The zero-order valence-corrected chi connectivity index (χ0v) is 6.82. The van der Waals surface area contributed by atoms with Gasteiger partial charge in [-0.15, -0.1) is 0 Å². The van der Waals surface area contributed by atoms with Crippen LogP contribution in [0.5, 0.6) is 0 Å². The number of carboxylic acid groups (broad SMARTS) is 1. The van der Waals surface area contributed by atoms with Crippen LogP contribution in [0.3, 0.4) is 0 Å². The second-order valence-corrected chi connectivity index (χ2v) is 2.77. The lowest BCUT2D eigenvalue weighted by Crippen LogP contribution is -2.42. The highest BCUT2D eigenvalue weighted by atomic mass is 16.5. The summed E-state index contributed by atoms with van der Waals surface area (Å²) in [5.74, 6) is -0.245. The minimum Gasteiger partial charge on any atom is -0.465 e. The van der Waals surface area contributed by atoms with Crippen molar-refractivity contribution in [1.29, 1.82) is 0 Å². The molecule has 68 valence electrons. The monoisotopic (exact) mass is 173 g/mol. The number of cyclic esters (lactones) is 1. The van der Waals surface area contributed by atoms with Crippen LogP contribution >= 0.6 is 0 Å². The van der Waals surface area contributed by atoms with E-state index in [0.29, 0.717) is 12.8 Å². The highest BCUT2D eigenvalue weighted by molar-refractivity contribution is 5.71. The fourth-order valence-corrected chi connectivity index (χ4v) is 1.09. The van der Waals surface area contributed by atoms with Gasteiger partial charge in [-0.25, -0.2) is 4.79 Å². The Bertz CT molecular complexity index is 194. The van der Waals surface area contributed by atoms with Crippen molar-refractivity contribution in [1.82, 2.24) is 4.90 Å². The van der Waals surface area contributed by atoms with Crippen LogP contribution < -0.4 is 0 Å². The van der Waals surface area contributed by atoms with Gasteiger partial charge in [-0.1, -0.05) is 0 Å². The molecule has 1 saturated heterocycles. The lowest BCUT2D eigenvalue weighted by Gasteiger charge is -2.28. The molecule has 0 spiro atoms. The molecule has 0 aliphatic carbocycles. The molecule has 0 unspecified atom stereocenters. The number of hydrogen-bond acceptors (Lipinski definition) is 3. The summed E-state index contributed by atoms with van der Waals surface area (Å²) in [6.07, 6.45) is -0.123. The molecule has 1 N–H and O–H groups in total. The van der Waals surface area contributed by atoms with Gasteiger partial charge in [0.05, 0.1) is 6.04 Å². The van der Waals surface area contributed by atoms with Gasteiger partial charge < -0.3 is 14.7 Å². The molecule has 0 bridgehead atoms. The average molecular weight is 173 g/mol. The molecule has 1 heterocycles. The molecule has 1 aliphatic rings. The molecule has 1 rings (SSSR count). The van der Waals surface area contributed by atoms with Crippen molar-refractivity contribution >= 4 is 12.1 Å². The number of amides is 1. The highest BCUT2D eigenvalue weighted by Gasteiger charge is 2.25. The quantitative estimate of drug-likeness (QED) is 0.579. The third-order valence-corrected chi connectivity index (χ3v) is 1.97. The van der Waals surface area contributed by atoms with Crippen LogP contribution in [0.15, 0.2) is 0 Å². The molecular formula is C7H11NO4. The average Bonchev–Trinajstić information content (AvgIpc) is 2.04. The van der Waals surface area contributed by atoms with E-state index < -0.39 is 6.09 Å². The van der Waals surface area contributed by atoms with E-state index in [1.807, 2.05) is 0 Å². The Kier molecular flexibility index (Phi) is 2.52. The number of nitrogens with zero attached hydrogens (tertiary/aromatic N) is 1. The Morgan fingerprint density at radius 1 is 1.75 bits per heavy atom. The molecule has 12 heavy (non-hydrogen) atoms. The van der Waals surface area contributed by atoms with Gasteiger partial charge in [-0.2, -0.15) is 0 Å². The fraction of sp³-hybridized carbons (Fsp3) is 0.714. The maximum absolute atomic E-state index is 10.6. The molecule has 0 aromatic heterocycles. The van der Waals surface area contributed by atoms with Gasteiger partial charge in [0.1, 0.15) is 6.61 Å². The molecule has 0 radical (unpaired) electrons.